The number of aliphatic hydroxyl groups excluding tert-OH is 1. The van der Waals surface area contributed by atoms with E-state index >= 15 is 0 Å². The fourth-order valence-corrected chi connectivity index (χ4v) is 2.00. The number of nitrogens with zero attached hydrogens (tertiary/aromatic N) is 1. The highest BCUT2D eigenvalue weighted by Gasteiger charge is 2.21. The maximum atomic E-state index is 12.2. The summed E-state index contributed by atoms with van der Waals surface area (Å²) in [6, 6.07) is 8.12. The lowest BCUT2D eigenvalue weighted by molar-refractivity contribution is -0.143. The van der Waals surface area contributed by atoms with Crippen LogP contribution in [0.5, 0.6) is 0 Å². The van der Waals surface area contributed by atoms with Crippen LogP contribution in [0.2, 0.25) is 0 Å². The molecule has 0 aliphatic rings. The van der Waals surface area contributed by atoms with Crippen molar-refractivity contribution in [2.24, 2.45) is 0 Å². The molecule has 2 rings (SSSR count). The number of benzene rings is 1. The number of ketones is 1. The van der Waals surface area contributed by atoms with Gasteiger partial charge in [0.15, 0.2) is 11.8 Å². The Morgan fingerprint density at radius 2 is 1.79 bits per heavy atom. The third kappa shape index (κ3) is 4.02. The molecule has 7 nitrogen and oxygen atoms in total. The van der Waals surface area contributed by atoms with Crippen molar-refractivity contribution in [3.8, 4) is 0 Å². The van der Waals surface area contributed by atoms with Gasteiger partial charge in [-0.25, -0.2) is 4.79 Å². The topological polar surface area (TPSA) is 106 Å². The second-order valence-corrected chi connectivity index (χ2v) is 4.88. The predicted molar refractivity (Wildman–Crippen MR) is 84.5 cm³/mol. The number of pyridine rings is 1. The zero-order chi connectivity index (χ0) is 17.5. The molecule has 1 aromatic heterocycles. The van der Waals surface area contributed by atoms with Gasteiger partial charge in [-0.05, 0) is 24.3 Å². The van der Waals surface area contributed by atoms with Gasteiger partial charge in [-0.3, -0.25) is 14.6 Å². The fourth-order valence-electron chi connectivity index (χ4n) is 2.00. The van der Waals surface area contributed by atoms with Gasteiger partial charge in [-0.2, -0.15) is 0 Å². The summed E-state index contributed by atoms with van der Waals surface area (Å²) in [7, 11) is 1.16. The molecule has 1 heterocycles. The molecule has 7 heteroatoms. The van der Waals surface area contributed by atoms with Crippen LogP contribution >= 0.6 is 0 Å². The Hall–Kier alpha value is -3.06. The van der Waals surface area contributed by atoms with E-state index in [1.165, 1.54) is 30.5 Å². The number of nitrogens with one attached hydrogen (secondary N) is 1. The first-order valence-electron chi connectivity index (χ1n) is 7.11. The highest BCUT2D eigenvalue weighted by atomic mass is 16.5. The van der Waals surface area contributed by atoms with Crippen molar-refractivity contribution in [3.63, 3.8) is 0 Å². The normalized spacial score (nSPS) is 11.4. The van der Waals surface area contributed by atoms with Crippen molar-refractivity contribution < 1.29 is 24.2 Å². The largest absolute Gasteiger partial charge is 0.467 e. The molecule has 1 atom stereocenters. The van der Waals surface area contributed by atoms with Gasteiger partial charge in [0.05, 0.1) is 13.7 Å². The summed E-state index contributed by atoms with van der Waals surface area (Å²) in [4.78, 5) is 39.6. The molecule has 0 aliphatic carbocycles. The molecular formula is C17H16N2O5. The second kappa shape index (κ2) is 7.98. The van der Waals surface area contributed by atoms with Crippen LogP contribution in [0.1, 0.15) is 26.3 Å². The average molecular weight is 328 g/mol. The van der Waals surface area contributed by atoms with Crippen LogP contribution in [0.15, 0.2) is 48.8 Å². The Kier molecular flexibility index (Phi) is 5.75. The van der Waals surface area contributed by atoms with Crippen molar-refractivity contribution in [1.29, 1.82) is 0 Å². The predicted octanol–water partition coefficient (Wildman–Crippen LogP) is 0.576. The smallest absolute Gasteiger partial charge is 0.330 e. The first-order valence-corrected chi connectivity index (χ1v) is 7.11. The summed E-state index contributed by atoms with van der Waals surface area (Å²) >= 11 is 0. The van der Waals surface area contributed by atoms with Crippen LogP contribution in [0.3, 0.4) is 0 Å². The minimum atomic E-state index is -1.14. The molecule has 1 amide bonds. The van der Waals surface area contributed by atoms with Gasteiger partial charge in [0.1, 0.15) is 0 Å². The van der Waals surface area contributed by atoms with Crippen molar-refractivity contribution in [2.75, 3.05) is 13.7 Å². The van der Waals surface area contributed by atoms with E-state index in [1.807, 2.05) is 0 Å². The Morgan fingerprint density at radius 3 is 2.33 bits per heavy atom. The zero-order valence-electron chi connectivity index (χ0n) is 12.9. The minimum Gasteiger partial charge on any atom is -0.467 e. The van der Waals surface area contributed by atoms with E-state index in [0.29, 0.717) is 11.1 Å². The molecule has 24 heavy (non-hydrogen) atoms. The second-order valence-electron chi connectivity index (χ2n) is 4.88. The van der Waals surface area contributed by atoms with Crippen molar-refractivity contribution in [3.05, 3.63) is 65.5 Å². The quantitative estimate of drug-likeness (QED) is 0.593. The first kappa shape index (κ1) is 17.3. The summed E-state index contributed by atoms with van der Waals surface area (Å²) in [6.45, 7) is -0.573. The molecule has 2 N–H and O–H groups in total. The highest BCUT2D eigenvalue weighted by molar-refractivity contribution is 6.09. The number of ether oxygens (including phenoxy) is 1. The molecule has 0 radical (unpaired) electrons. The van der Waals surface area contributed by atoms with E-state index in [-0.39, 0.29) is 11.3 Å². The van der Waals surface area contributed by atoms with Gasteiger partial charge in [0.25, 0.3) is 5.91 Å². The van der Waals surface area contributed by atoms with E-state index in [4.69, 9.17) is 5.11 Å². The number of amides is 1. The molecule has 0 aliphatic heterocycles. The molecule has 0 bridgehead atoms. The van der Waals surface area contributed by atoms with E-state index in [2.05, 4.69) is 15.0 Å². The van der Waals surface area contributed by atoms with E-state index in [1.54, 1.807) is 18.3 Å². The molecule has 124 valence electrons. The van der Waals surface area contributed by atoms with Crippen molar-refractivity contribution in [2.45, 2.75) is 6.04 Å². The lowest BCUT2D eigenvalue weighted by Crippen LogP contribution is -2.44. The Morgan fingerprint density at radius 1 is 1.12 bits per heavy atom. The Balaban J connectivity index is 2.10. The van der Waals surface area contributed by atoms with Gasteiger partial charge >= 0.3 is 5.97 Å². The standard InChI is InChI=1S/C17H16N2O5/c1-24-17(23)14(10-20)19-16(22)12-6-4-11(5-7-12)15(21)13-3-2-8-18-9-13/h2-9,14,20H,10H2,1H3,(H,19,22)/t14-/m0/s1. The molecule has 0 spiro atoms. The summed E-state index contributed by atoms with van der Waals surface area (Å²) in [5, 5.41) is 11.5. The lowest BCUT2D eigenvalue weighted by atomic mass is 10.0. The van der Waals surface area contributed by atoms with Gasteiger partial charge in [0.2, 0.25) is 0 Å². The number of methoxy groups -OCH3 is 1. The SMILES string of the molecule is COC(=O)[C@H](CO)NC(=O)c1ccc(C(=O)c2cccnc2)cc1. The van der Waals surface area contributed by atoms with Crippen LogP contribution in [0.25, 0.3) is 0 Å². The van der Waals surface area contributed by atoms with Gasteiger partial charge in [0, 0.05) is 29.1 Å². The van der Waals surface area contributed by atoms with Crippen molar-refractivity contribution in [1.82, 2.24) is 10.3 Å². The maximum Gasteiger partial charge on any atom is 0.330 e. The molecule has 1 aromatic carbocycles. The summed E-state index contributed by atoms with van der Waals surface area (Å²) < 4.78 is 4.48. The number of carbonyl (C=O) groups excluding carboxylic acids is 3. The summed E-state index contributed by atoms with van der Waals surface area (Å²) in [6.07, 6.45) is 3.04. The van der Waals surface area contributed by atoms with Crippen LogP contribution in [0, 0.1) is 0 Å². The van der Waals surface area contributed by atoms with E-state index in [9.17, 15) is 14.4 Å². The third-order valence-electron chi connectivity index (χ3n) is 3.31. The Labute approximate surface area is 138 Å². The first-order chi connectivity index (χ1) is 11.6. The number of esters is 1. The molecule has 0 fully saturated rings. The molecule has 0 saturated heterocycles. The van der Waals surface area contributed by atoms with Crippen LogP contribution in [-0.2, 0) is 9.53 Å². The summed E-state index contributed by atoms with van der Waals surface area (Å²) in [5.41, 5.74) is 1.10. The van der Waals surface area contributed by atoms with Crippen LogP contribution < -0.4 is 5.32 Å². The molecule has 0 saturated carbocycles. The van der Waals surface area contributed by atoms with E-state index < -0.39 is 24.5 Å². The number of aliphatic hydroxyl groups is 1. The fraction of sp³-hybridized carbons (Fsp3) is 0.176. The average Bonchev–Trinajstić information content (AvgIpc) is 2.65. The molecular weight excluding hydrogens is 312 g/mol. The minimum absolute atomic E-state index is 0.210. The third-order valence-corrected chi connectivity index (χ3v) is 3.31. The van der Waals surface area contributed by atoms with Crippen LogP contribution in [-0.4, -0.2) is 47.5 Å². The molecule has 2 aromatic rings. The van der Waals surface area contributed by atoms with Gasteiger partial charge in [-0.15, -0.1) is 0 Å². The Bertz CT molecular complexity index is 728. The van der Waals surface area contributed by atoms with Crippen LogP contribution in [0.4, 0.5) is 0 Å². The van der Waals surface area contributed by atoms with Gasteiger partial charge in [-0.1, -0.05) is 12.1 Å². The lowest BCUT2D eigenvalue weighted by Gasteiger charge is -2.13. The molecule has 0 unspecified atom stereocenters. The number of hydrogen-bond donors (Lipinski definition) is 2. The highest BCUT2D eigenvalue weighted by Crippen LogP contribution is 2.10. The van der Waals surface area contributed by atoms with E-state index in [0.717, 1.165) is 7.11 Å². The number of aromatic nitrogens is 1. The van der Waals surface area contributed by atoms with Gasteiger partial charge < -0.3 is 15.2 Å². The number of hydrogen-bond acceptors (Lipinski definition) is 6. The number of rotatable bonds is 6. The monoisotopic (exact) mass is 328 g/mol. The summed E-state index contributed by atoms with van der Waals surface area (Å²) in [5.74, 6) is -1.51. The zero-order valence-corrected chi connectivity index (χ0v) is 12.9. The van der Waals surface area contributed by atoms with Crippen molar-refractivity contribution >= 4 is 17.7 Å². The number of carbonyl (C=O) groups is 3. The maximum absolute atomic E-state index is 12.2.